The molecule has 0 aromatic heterocycles. The Morgan fingerprint density at radius 1 is 1.31 bits per heavy atom. The highest BCUT2D eigenvalue weighted by molar-refractivity contribution is 5.65. The maximum absolute atomic E-state index is 10.4. The van der Waals surface area contributed by atoms with Crippen molar-refractivity contribution in [2.75, 3.05) is 14.2 Å². The van der Waals surface area contributed by atoms with Crippen molar-refractivity contribution in [1.29, 1.82) is 0 Å². The summed E-state index contributed by atoms with van der Waals surface area (Å²) in [7, 11) is 3.24. The van der Waals surface area contributed by atoms with Crippen LogP contribution in [-0.2, 0) is 4.79 Å². The van der Waals surface area contributed by atoms with Crippen LogP contribution in [0.15, 0.2) is 23.8 Å². The first kappa shape index (κ1) is 12.3. The minimum absolute atomic E-state index is 0.431. The maximum Gasteiger partial charge on any atom is 0.126 e. The van der Waals surface area contributed by atoms with Gasteiger partial charge in [0, 0.05) is 12.0 Å². The van der Waals surface area contributed by atoms with E-state index in [0.717, 1.165) is 28.9 Å². The van der Waals surface area contributed by atoms with Gasteiger partial charge < -0.3 is 14.3 Å². The Labute approximate surface area is 95.7 Å². The summed E-state index contributed by atoms with van der Waals surface area (Å²) in [4.78, 5) is 10.4. The maximum atomic E-state index is 10.4. The first-order chi connectivity index (χ1) is 7.71. The minimum atomic E-state index is 0.431. The summed E-state index contributed by atoms with van der Waals surface area (Å²) in [6.07, 6.45) is 3.24. The summed E-state index contributed by atoms with van der Waals surface area (Å²) in [5.74, 6) is 1.54. The zero-order valence-electron chi connectivity index (χ0n) is 9.82. The van der Waals surface area contributed by atoms with Crippen LogP contribution < -0.4 is 9.47 Å². The Hall–Kier alpha value is -1.77. The van der Waals surface area contributed by atoms with Gasteiger partial charge in [0.2, 0.25) is 0 Å². The van der Waals surface area contributed by atoms with E-state index in [1.807, 2.05) is 31.2 Å². The number of hydrogen-bond donors (Lipinski definition) is 0. The van der Waals surface area contributed by atoms with Crippen molar-refractivity contribution in [2.24, 2.45) is 0 Å². The average molecular weight is 220 g/mol. The quantitative estimate of drug-likeness (QED) is 0.716. The van der Waals surface area contributed by atoms with Crippen molar-refractivity contribution in [3.05, 3.63) is 29.3 Å². The zero-order valence-corrected chi connectivity index (χ0v) is 9.82. The van der Waals surface area contributed by atoms with E-state index in [2.05, 4.69) is 0 Å². The Kier molecular flexibility index (Phi) is 4.58. The van der Waals surface area contributed by atoms with Crippen LogP contribution in [0.3, 0.4) is 0 Å². The fourth-order valence-electron chi connectivity index (χ4n) is 1.41. The molecule has 0 saturated heterocycles. The molecule has 0 aliphatic carbocycles. The normalized spacial score (nSPS) is 11.1. The third-order valence-electron chi connectivity index (χ3n) is 2.24. The SMILES string of the molecule is COc1ccc(OC)c(/C=C(\C)CC=O)c1. The van der Waals surface area contributed by atoms with Gasteiger partial charge in [-0.3, -0.25) is 0 Å². The van der Waals surface area contributed by atoms with E-state index in [1.165, 1.54) is 0 Å². The van der Waals surface area contributed by atoms with Gasteiger partial charge in [-0.05, 0) is 25.1 Å². The van der Waals surface area contributed by atoms with Crippen molar-refractivity contribution >= 4 is 12.4 Å². The molecule has 1 aromatic carbocycles. The molecular weight excluding hydrogens is 204 g/mol. The molecule has 1 aromatic rings. The van der Waals surface area contributed by atoms with Gasteiger partial charge in [0.15, 0.2) is 0 Å². The topological polar surface area (TPSA) is 35.5 Å². The van der Waals surface area contributed by atoms with E-state index in [4.69, 9.17) is 9.47 Å². The van der Waals surface area contributed by atoms with Crippen molar-refractivity contribution < 1.29 is 14.3 Å². The van der Waals surface area contributed by atoms with E-state index < -0.39 is 0 Å². The molecular formula is C13H16O3. The van der Waals surface area contributed by atoms with Gasteiger partial charge in [0.25, 0.3) is 0 Å². The molecule has 86 valence electrons. The van der Waals surface area contributed by atoms with E-state index in [1.54, 1.807) is 14.2 Å². The number of carbonyl (C=O) groups is 1. The highest BCUT2D eigenvalue weighted by atomic mass is 16.5. The predicted molar refractivity (Wildman–Crippen MR) is 63.9 cm³/mol. The number of ether oxygens (including phenoxy) is 2. The molecule has 0 bridgehead atoms. The minimum Gasteiger partial charge on any atom is -0.497 e. The molecule has 1 rings (SSSR count). The summed E-state index contributed by atoms with van der Waals surface area (Å²) in [6.45, 7) is 1.91. The first-order valence-electron chi connectivity index (χ1n) is 5.04. The lowest BCUT2D eigenvalue weighted by molar-refractivity contribution is -0.107. The van der Waals surface area contributed by atoms with Gasteiger partial charge in [-0.15, -0.1) is 0 Å². The van der Waals surface area contributed by atoms with Crippen LogP contribution in [-0.4, -0.2) is 20.5 Å². The molecule has 16 heavy (non-hydrogen) atoms. The van der Waals surface area contributed by atoms with Crippen molar-refractivity contribution in [3.8, 4) is 11.5 Å². The molecule has 3 nitrogen and oxygen atoms in total. The van der Waals surface area contributed by atoms with Crippen LogP contribution >= 0.6 is 0 Å². The average Bonchev–Trinajstić information content (AvgIpc) is 2.29. The number of rotatable bonds is 5. The number of carbonyl (C=O) groups excluding carboxylic acids is 1. The molecule has 0 atom stereocenters. The van der Waals surface area contributed by atoms with Crippen molar-refractivity contribution in [3.63, 3.8) is 0 Å². The number of hydrogen-bond acceptors (Lipinski definition) is 3. The monoisotopic (exact) mass is 220 g/mol. The lowest BCUT2D eigenvalue weighted by Gasteiger charge is -2.08. The van der Waals surface area contributed by atoms with Crippen LogP contribution in [0.4, 0.5) is 0 Å². The Morgan fingerprint density at radius 3 is 2.62 bits per heavy atom. The summed E-state index contributed by atoms with van der Waals surface area (Å²) in [6, 6.07) is 5.57. The Bertz CT molecular complexity index is 394. The second-order valence-corrected chi connectivity index (χ2v) is 3.47. The van der Waals surface area contributed by atoms with Crippen LogP contribution in [0, 0.1) is 0 Å². The second kappa shape index (κ2) is 5.95. The fourth-order valence-corrected chi connectivity index (χ4v) is 1.41. The van der Waals surface area contributed by atoms with E-state index in [0.29, 0.717) is 6.42 Å². The fraction of sp³-hybridized carbons (Fsp3) is 0.308. The third kappa shape index (κ3) is 3.12. The van der Waals surface area contributed by atoms with Gasteiger partial charge in [-0.25, -0.2) is 0 Å². The van der Waals surface area contributed by atoms with Gasteiger partial charge in [0.05, 0.1) is 14.2 Å². The number of allylic oxidation sites excluding steroid dienone is 1. The summed E-state index contributed by atoms with van der Waals surface area (Å²) < 4.78 is 10.4. The van der Waals surface area contributed by atoms with Crippen molar-refractivity contribution in [2.45, 2.75) is 13.3 Å². The molecule has 0 heterocycles. The standard InChI is InChI=1S/C13H16O3/c1-10(6-7-14)8-11-9-12(15-2)4-5-13(11)16-3/h4-5,7-9H,6H2,1-3H3/b10-8+. The summed E-state index contributed by atoms with van der Waals surface area (Å²) >= 11 is 0. The molecule has 0 saturated carbocycles. The van der Waals surface area contributed by atoms with E-state index in [9.17, 15) is 4.79 Å². The van der Waals surface area contributed by atoms with E-state index in [-0.39, 0.29) is 0 Å². The molecule has 0 N–H and O–H groups in total. The molecule has 0 amide bonds. The summed E-state index contributed by atoms with van der Waals surface area (Å²) in [5, 5.41) is 0. The molecule has 0 radical (unpaired) electrons. The lowest BCUT2D eigenvalue weighted by atomic mass is 10.1. The first-order valence-corrected chi connectivity index (χ1v) is 5.04. The van der Waals surface area contributed by atoms with Crippen LogP contribution in [0.1, 0.15) is 18.9 Å². The number of benzene rings is 1. The summed E-state index contributed by atoms with van der Waals surface area (Å²) in [5.41, 5.74) is 1.91. The highest BCUT2D eigenvalue weighted by Crippen LogP contribution is 2.26. The Balaban J connectivity index is 3.08. The second-order valence-electron chi connectivity index (χ2n) is 3.47. The number of aldehydes is 1. The Morgan fingerprint density at radius 2 is 2.06 bits per heavy atom. The molecule has 0 aliphatic heterocycles. The molecule has 0 spiro atoms. The van der Waals surface area contributed by atoms with E-state index >= 15 is 0 Å². The molecule has 0 fully saturated rings. The largest absolute Gasteiger partial charge is 0.497 e. The molecule has 0 aliphatic rings. The highest BCUT2D eigenvalue weighted by Gasteiger charge is 2.02. The van der Waals surface area contributed by atoms with Crippen molar-refractivity contribution in [1.82, 2.24) is 0 Å². The van der Waals surface area contributed by atoms with Gasteiger partial charge in [-0.1, -0.05) is 11.6 Å². The molecule has 3 heteroatoms. The number of methoxy groups -OCH3 is 2. The van der Waals surface area contributed by atoms with Gasteiger partial charge >= 0.3 is 0 Å². The van der Waals surface area contributed by atoms with Crippen LogP contribution in [0.5, 0.6) is 11.5 Å². The lowest BCUT2D eigenvalue weighted by Crippen LogP contribution is -1.90. The van der Waals surface area contributed by atoms with Gasteiger partial charge in [0.1, 0.15) is 17.8 Å². The third-order valence-corrected chi connectivity index (χ3v) is 2.24. The van der Waals surface area contributed by atoms with Crippen LogP contribution in [0.2, 0.25) is 0 Å². The van der Waals surface area contributed by atoms with Crippen LogP contribution in [0.25, 0.3) is 6.08 Å². The zero-order chi connectivity index (χ0) is 12.0. The predicted octanol–water partition coefficient (Wildman–Crippen LogP) is 2.70. The molecule has 0 unspecified atom stereocenters. The smallest absolute Gasteiger partial charge is 0.126 e. The van der Waals surface area contributed by atoms with Gasteiger partial charge in [-0.2, -0.15) is 0 Å².